The molecule has 4 nitrogen and oxygen atoms in total. The molecule has 1 aromatic rings. The molecule has 20 heavy (non-hydrogen) atoms. The molecule has 1 fully saturated rings. The van der Waals surface area contributed by atoms with Crippen molar-refractivity contribution in [1.29, 1.82) is 0 Å². The number of piperidine rings is 1. The van der Waals surface area contributed by atoms with Gasteiger partial charge >= 0.3 is 6.18 Å². The van der Waals surface area contributed by atoms with E-state index in [1.807, 2.05) is 0 Å². The van der Waals surface area contributed by atoms with Gasteiger partial charge < -0.3 is 5.73 Å². The van der Waals surface area contributed by atoms with Crippen molar-refractivity contribution in [2.24, 2.45) is 5.73 Å². The summed E-state index contributed by atoms with van der Waals surface area (Å²) >= 11 is 0. The zero-order valence-electron chi connectivity index (χ0n) is 10.6. The summed E-state index contributed by atoms with van der Waals surface area (Å²) in [5.41, 5.74) is 4.74. The molecule has 1 heterocycles. The van der Waals surface area contributed by atoms with Crippen molar-refractivity contribution in [1.82, 2.24) is 4.31 Å². The molecule has 0 spiro atoms. The molecule has 0 radical (unpaired) electrons. The Kier molecular flexibility index (Phi) is 4.08. The number of alkyl halides is 3. The van der Waals surface area contributed by atoms with Gasteiger partial charge in [0.25, 0.3) is 0 Å². The van der Waals surface area contributed by atoms with Crippen molar-refractivity contribution in [2.45, 2.75) is 30.0 Å². The highest BCUT2D eigenvalue weighted by atomic mass is 32.2. The van der Waals surface area contributed by atoms with E-state index in [0.29, 0.717) is 18.9 Å². The predicted molar refractivity (Wildman–Crippen MR) is 67.4 cm³/mol. The van der Waals surface area contributed by atoms with Gasteiger partial charge in [-0.3, -0.25) is 0 Å². The summed E-state index contributed by atoms with van der Waals surface area (Å²) in [6, 6.07) is 3.50. The van der Waals surface area contributed by atoms with Gasteiger partial charge in [0.1, 0.15) is 0 Å². The first-order chi connectivity index (χ1) is 9.21. The summed E-state index contributed by atoms with van der Waals surface area (Å²) in [6.45, 7) is 0.421. The van der Waals surface area contributed by atoms with Gasteiger partial charge in [0.15, 0.2) is 0 Å². The van der Waals surface area contributed by atoms with Crippen molar-refractivity contribution < 1.29 is 21.6 Å². The normalized spacial score (nSPS) is 21.9. The largest absolute Gasteiger partial charge is 0.416 e. The third-order valence-corrected chi connectivity index (χ3v) is 5.08. The molecular weight excluding hydrogens is 293 g/mol. The van der Waals surface area contributed by atoms with Crippen LogP contribution in [0.3, 0.4) is 0 Å². The number of sulfonamides is 1. The third-order valence-electron chi connectivity index (χ3n) is 3.22. The van der Waals surface area contributed by atoms with Crippen LogP contribution in [0.15, 0.2) is 29.2 Å². The first-order valence-electron chi connectivity index (χ1n) is 6.14. The lowest BCUT2D eigenvalue weighted by Crippen LogP contribution is -2.45. The summed E-state index contributed by atoms with van der Waals surface area (Å²) in [7, 11) is -3.92. The minimum absolute atomic E-state index is 0.137. The standard InChI is InChI=1S/C12H15F3N2O2S/c13-12(14,15)9-3-1-5-11(7-9)20(18,19)17-6-2-4-10(16)8-17/h1,3,5,7,10H,2,4,6,8,16H2/t10-/m0/s1. The molecule has 1 aliphatic rings. The third kappa shape index (κ3) is 3.13. The molecule has 2 rings (SSSR count). The van der Waals surface area contributed by atoms with Crippen LogP contribution < -0.4 is 5.73 Å². The van der Waals surface area contributed by atoms with E-state index < -0.39 is 21.8 Å². The second-order valence-corrected chi connectivity index (χ2v) is 6.73. The maximum Gasteiger partial charge on any atom is 0.416 e. The van der Waals surface area contributed by atoms with Crippen molar-refractivity contribution in [3.63, 3.8) is 0 Å². The van der Waals surface area contributed by atoms with E-state index in [0.717, 1.165) is 16.4 Å². The quantitative estimate of drug-likeness (QED) is 0.906. The average molecular weight is 308 g/mol. The Bertz CT molecular complexity index is 587. The lowest BCUT2D eigenvalue weighted by atomic mass is 10.1. The van der Waals surface area contributed by atoms with Crippen LogP contribution in [-0.4, -0.2) is 31.9 Å². The average Bonchev–Trinajstić information content (AvgIpc) is 2.38. The predicted octanol–water partition coefficient (Wildman–Crippen LogP) is 1.82. The smallest absolute Gasteiger partial charge is 0.327 e. The Hall–Kier alpha value is -1.12. The molecule has 112 valence electrons. The molecule has 2 N–H and O–H groups in total. The first kappa shape index (κ1) is 15.3. The highest BCUT2D eigenvalue weighted by molar-refractivity contribution is 7.89. The number of halogens is 3. The fourth-order valence-corrected chi connectivity index (χ4v) is 3.76. The van der Waals surface area contributed by atoms with Gasteiger partial charge in [-0.25, -0.2) is 8.42 Å². The van der Waals surface area contributed by atoms with Crippen LogP contribution in [0.1, 0.15) is 18.4 Å². The van der Waals surface area contributed by atoms with E-state index >= 15 is 0 Å². The van der Waals surface area contributed by atoms with Gasteiger partial charge in [-0.2, -0.15) is 17.5 Å². The van der Waals surface area contributed by atoms with Gasteiger partial charge in [-0.1, -0.05) is 6.07 Å². The van der Waals surface area contributed by atoms with Crippen molar-refractivity contribution in [3.8, 4) is 0 Å². The topological polar surface area (TPSA) is 63.4 Å². The van der Waals surface area contributed by atoms with Gasteiger partial charge in [0, 0.05) is 19.1 Å². The molecule has 0 unspecified atom stereocenters. The maximum atomic E-state index is 12.6. The fraction of sp³-hybridized carbons (Fsp3) is 0.500. The molecule has 1 aliphatic heterocycles. The van der Waals surface area contributed by atoms with Crippen LogP contribution in [0, 0.1) is 0 Å². The number of hydrogen-bond donors (Lipinski definition) is 1. The van der Waals surface area contributed by atoms with Gasteiger partial charge in [-0.05, 0) is 31.0 Å². The summed E-state index contributed by atoms with van der Waals surface area (Å²) in [6.07, 6.45) is -3.24. The Morgan fingerprint density at radius 2 is 2.00 bits per heavy atom. The highest BCUT2D eigenvalue weighted by Crippen LogP contribution is 2.31. The summed E-state index contributed by atoms with van der Waals surface area (Å²) in [4.78, 5) is -0.346. The molecule has 0 aromatic heterocycles. The lowest BCUT2D eigenvalue weighted by Gasteiger charge is -2.30. The minimum Gasteiger partial charge on any atom is -0.327 e. The molecule has 8 heteroatoms. The Morgan fingerprint density at radius 1 is 1.30 bits per heavy atom. The van der Waals surface area contributed by atoms with Crippen molar-refractivity contribution in [3.05, 3.63) is 29.8 Å². The number of hydrogen-bond acceptors (Lipinski definition) is 3. The summed E-state index contributed by atoms with van der Waals surface area (Å²) in [5.74, 6) is 0. The van der Waals surface area contributed by atoms with Crippen LogP contribution in [0.5, 0.6) is 0 Å². The van der Waals surface area contributed by atoms with Gasteiger partial charge in [0.05, 0.1) is 10.5 Å². The highest BCUT2D eigenvalue weighted by Gasteiger charge is 2.34. The number of benzene rings is 1. The lowest BCUT2D eigenvalue weighted by molar-refractivity contribution is -0.137. The second-order valence-electron chi connectivity index (χ2n) is 4.79. The fourth-order valence-electron chi connectivity index (χ4n) is 2.17. The zero-order valence-corrected chi connectivity index (χ0v) is 11.4. The minimum atomic E-state index is -4.57. The van der Waals surface area contributed by atoms with Crippen molar-refractivity contribution in [2.75, 3.05) is 13.1 Å². The molecule has 0 saturated carbocycles. The van der Waals surface area contributed by atoms with E-state index in [9.17, 15) is 21.6 Å². The Morgan fingerprint density at radius 3 is 2.60 bits per heavy atom. The van der Waals surface area contributed by atoms with Crippen LogP contribution in [0.4, 0.5) is 13.2 Å². The molecule has 0 bridgehead atoms. The second kappa shape index (κ2) is 5.34. The number of nitrogens with two attached hydrogens (primary N) is 1. The van der Waals surface area contributed by atoms with E-state index in [1.54, 1.807) is 0 Å². The van der Waals surface area contributed by atoms with E-state index in [1.165, 1.54) is 6.07 Å². The molecule has 1 atom stereocenters. The maximum absolute atomic E-state index is 12.6. The van der Waals surface area contributed by atoms with Crippen molar-refractivity contribution >= 4 is 10.0 Å². The SMILES string of the molecule is N[C@H]1CCCN(S(=O)(=O)c2cccc(C(F)(F)F)c2)C1. The first-order valence-corrected chi connectivity index (χ1v) is 7.58. The Balaban J connectivity index is 2.34. The molecule has 1 saturated heterocycles. The molecule has 0 amide bonds. The monoisotopic (exact) mass is 308 g/mol. The van der Waals surface area contributed by atoms with E-state index in [2.05, 4.69) is 0 Å². The van der Waals surface area contributed by atoms with Crippen LogP contribution in [0.2, 0.25) is 0 Å². The number of rotatable bonds is 2. The Labute approximate surface area is 115 Å². The molecular formula is C12H15F3N2O2S. The van der Waals surface area contributed by atoms with Gasteiger partial charge in [0.2, 0.25) is 10.0 Å². The summed E-state index contributed by atoms with van der Waals surface area (Å²) in [5, 5.41) is 0. The molecule has 0 aliphatic carbocycles. The number of nitrogens with zero attached hydrogens (tertiary/aromatic N) is 1. The molecule has 1 aromatic carbocycles. The zero-order chi connectivity index (χ0) is 15.0. The summed E-state index contributed by atoms with van der Waals surface area (Å²) < 4.78 is 63.7. The van der Waals surface area contributed by atoms with E-state index in [-0.39, 0.29) is 24.0 Å². The van der Waals surface area contributed by atoms with Crippen LogP contribution >= 0.6 is 0 Å². The van der Waals surface area contributed by atoms with E-state index in [4.69, 9.17) is 5.73 Å². The van der Waals surface area contributed by atoms with Crippen LogP contribution in [-0.2, 0) is 16.2 Å². The van der Waals surface area contributed by atoms with Crippen LogP contribution in [0.25, 0.3) is 0 Å². The van der Waals surface area contributed by atoms with Gasteiger partial charge in [-0.15, -0.1) is 0 Å².